The van der Waals surface area contributed by atoms with Crippen molar-refractivity contribution in [1.29, 1.82) is 5.26 Å². The van der Waals surface area contributed by atoms with Crippen molar-refractivity contribution in [2.24, 2.45) is 0 Å². The van der Waals surface area contributed by atoms with Crippen LogP contribution in [0.15, 0.2) is 18.2 Å². The topological polar surface area (TPSA) is 65.4 Å². The maximum absolute atomic E-state index is 12.2. The lowest BCUT2D eigenvalue weighted by molar-refractivity contribution is 0.0849. The van der Waals surface area contributed by atoms with Crippen LogP contribution in [0.5, 0.6) is 0 Å². The maximum atomic E-state index is 12.2. The van der Waals surface area contributed by atoms with Gasteiger partial charge in [0.05, 0.1) is 16.7 Å². The zero-order valence-electron chi connectivity index (χ0n) is 11.9. The lowest BCUT2D eigenvalue weighted by atomic mass is 10.2. The number of likely N-dealkylation sites (N-methyl/N-ethyl adjacent to an activating group) is 1. The van der Waals surface area contributed by atoms with Crippen LogP contribution in [0.4, 0.5) is 10.5 Å². The molecule has 1 fully saturated rings. The number of ether oxygens (including phenoxy) is 1. The highest BCUT2D eigenvalue weighted by molar-refractivity contribution is 6.32. The van der Waals surface area contributed by atoms with E-state index in [0.717, 1.165) is 19.4 Å². The highest BCUT2D eigenvalue weighted by Gasteiger charge is 2.21. The third-order valence-electron chi connectivity index (χ3n) is 3.46. The lowest BCUT2D eigenvalue weighted by Gasteiger charge is -2.24. The van der Waals surface area contributed by atoms with Gasteiger partial charge < -0.3 is 15.0 Å². The summed E-state index contributed by atoms with van der Waals surface area (Å²) in [4.78, 5) is 14.0. The van der Waals surface area contributed by atoms with Crippen LogP contribution in [0, 0.1) is 11.3 Å². The summed E-state index contributed by atoms with van der Waals surface area (Å²) in [6.45, 7) is 3.90. The predicted octanol–water partition coefficient (Wildman–Crippen LogP) is 3.24. The molecule has 1 aromatic carbocycles. The number of halogens is 1. The number of hydrogen-bond acceptors (Lipinski definition) is 3. The molecular weight excluding hydrogens is 290 g/mol. The zero-order chi connectivity index (χ0) is 15.2. The van der Waals surface area contributed by atoms with E-state index in [0.29, 0.717) is 29.4 Å². The van der Waals surface area contributed by atoms with Gasteiger partial charge in [-0.05, 0) is 38.0 Å². The number of nitrogens with one attached hydrogen (secondary N) is 1. The smallest absolute Gasteiger partial charge is 0.321 e. The largest absolute Gasteiger partial charge is 0.376 e. The Morgan fingerprint density at radius 1 is 1.62 bits per heavy atom. The molecule has 1 aliphatic rings. The number of nitrogens with zero attached hydrogens (tertiary/aromatic N) is 2. The van der Waals surface area contributed by atoms with Crippen LogP contribution >= 0.6 is 11.6 Å². The fraction of sp³-hybridized carbons (Fsp3) is 0.467. The first kappa shape index (κ1) is 15.6. The second-order valence-corrected chi connectivity index (χ2v) is 5.32. The van der Waals surface area contributed by atoms with Gasteiger partial charge in [-0.3, -0.25) is 0 Å². The molecule has 0 bridgehead atoms. The molecule has 21 heavy (non-hydrogen) atoms. The summed E-state index contributed by atoms with van der Waals surface area (Å²) in [5.41, 5.74) is 0.969. The quantitative estimate of drug-likeness (QED) is 0.928. The molecule has 1 atom stereocenters. The Labute approximate surface area is 129 Å². The van der Waals surface area contributed by atoms with Gasteiger partial charge in [-0.15, -0.1) is 0 Å². The van der Waals surface area contributed by atoms with Gasteiger partial charge in [0.25, 0.3) is 0 Å². The van der Waals surface area contributed by atoms with Crippen LogP contribution in [0.25, 0.3) is 0 Å². The number of carbonyl (C=O) groups excluding carboxylic acids is 1. The summed E-state index contributed by atoms with van der Waals surface area (Å²) in [7, 11) is 0. The zero-order valence-corrected chi connectivity index (χ0v) is 12.7. The highest BCUT2D eigenvalue weighted by Crippen LogP contribution is 2.21. The van der Waals surface area contributed by atoms with E-state index >= 15 is 0 Å². The van der Waals surface area contributed by atoms with E-state index in [4.69, 9.17) is 21.6 Å². The van der Waals surface area contributed by atoms with Crippen LogP contribution in [0.2, 0.25) is 5.02 Å². The standard InChI is InChI=1S/C15H18ClN3O2/c1-2-19(10-13-4-3-7-21-13)15(20)18-12-6-5-11(9-17)14(16)8-12/h5-6,8,13H,2-4,7,10H2,1H3,(H,18,20). The Bertz CT molecular complexity index is 550. The molecule has 0 aliphatic carbocycles. The second kappa shape index (κ2) is 7.30. The minimum atomic E-state index is -0.186. The molecule has 2 amide bonds. The first-order valence-electron chi connectivity index (χ1n) is 7.01. The molecule has 0 aromatic heterocycles. The van der Waals surface area contributed by atoms with Crippen molar-refractivity contribution in [2.45, 2.75) is 25.9 Å². The van der Waals surface area contributed by atoms with Crippen LogP contribution < -0.4 is 5.32 Å². The summed E-state index contributed by atoms with van der Waals surface area (Å²) < 4.78 is 5.56. The minimum Gasteiger partial charge on any atom is -0.376 e. The van der Waals surface area contributed by atoms with Crippen molar-refractivity contribution < 1.29 is 9.53 Å². The number of anilines is 1. The van der Waals surface area contributed by atoms with Gasteiger partial charge in [-0.1, -0.05) is 11.6 Å². The van der Waals surface area contributed by atoms with E-state index in [1.165, 1.54) is 0 Å². The monoisotopic (exact) mass is 307 g/mol. The third-order valence-corrected chi connectivity index (χ3v) is 3.77. The Morgan fingerprint density at radius 3 is 3.00 bits per heavy atom. The summed E-state index contributed by atoms with van der Waals surface area (Å²) in [5, 5.41) is 12.0. The third kappa shape index (κ3) is 4.10. The number of amides is 2. The summed E-state index contributed by atoms with van der Waals surface area (Å²) in [5.74, 6) is 0. The fourth-order valence-electron chi connectivity index (χ4n) is 2.28. The van der Waals surface area contributed by atoms with Crippen molar-refractivity contribution in [2.75, 3.05) is 25.0 Å². The van der Waals surface area contributed by atoms with Crippen molar-refractivity contribution in [3.05, 3.63) is 28.8 Å². The molecule has 1 unspecified atom stereocenters. The molecule has 0 radical (unpaired) electrons. The molecule has 1 N–H and O–H groups in total. The van der Waals surface area contributed by atoms with E-state index in [9.17, 15) is 4.79 Å². The Balaban J connectivity index is 1.98. The average molecular weight is 308 g/mol. The first-order chi connectivity index (χ1) is 10.1. The second-order valence-electron chi connectivity index (χ2n) is 4.91. The van der Waals surface area contributed by atoms with Crippen molar-refractivity contribution >= 4 is 23.3 Å². The molecule has 1 saturated heterocycles. The van der Waals surface area contributed by atoms with Gasteiger partial charge in [0.15, 0.2) is 0 Å². The van der Waals surface area contributed by atoms with Crippen molar-refractivity contribution in [1.82, 2.24) is 4.90 Å². The van der Waals surface area contributed by atoms with Crippen LogP contribution in [0.1, 0.15) is 25.3 Å². The van der Waals surface area contributed by atoms with Gasteiger partial charge in [0.1, 0.15) is 6.07 Å². The number of rotatable bonds is 4. The Hall–Kier alpha value is -1.77. The summed E-state index contributed by atoms with van der Waals surface area (Å²) >= 11 is 5.96. The SMILES string of the molecule is CCN(CC1CCCO1)C(=O)Nc1ccc(C#N)c(Cl)c1. The average Bonchev–Trinajstić information content (AvgIpc) is 2.98. The van der Waals surface area contributed by atoms with Crippen molar-refractivity contribution in [3.63, 3.8) is 0 Å². The molecule has 1 aromatic rings. The first-order valence-corrected chi connectivity index (χ1v) is 7.39. The number of benzene rings is 1. The number of urea groups is 1. The van der Waals surface area contributed by atoms with Gasteiger partial charge in [0, 0.05) is 25.4 Å². The van der Waals surface area contributed by atoms with E-state index in [-0.39, 0.29) is 12.1 Å². The number of carbonyl (C=O) groups is 1. The Kier molecular flexibility index (Phi) is 5.43. The normalized spacial score (nSPS) is 17.3. The molecule has 0 spiro atoms. The molecule has 6 heteroatoms. The highest BCUT2D eigenvalue weighted by atomic mass is 35.5. The lowest BCUT2D eigenvalue weighted by Crippen LogP contribution is -2.39. The fourth-order valence-corrected chi connectivity index (χ4v) is 2.50. The molecule has 1 heterocycles. The van der Waals surface area contributed by atoms with Crippen molar-refractivity contribution in [3.8, 4) is 6.07 Å². The van der Waals surface area contributed by atoms with Gasteiger partial charge in [-0.2, -0.15) is 5.26 Å². The van der Waals surface area contributed by atoms with Crippen LogP contribution in [0.3, 0.4) is 0 Å². The predicted molar refractivity (Wildman–Crippen MR) is 81.4 cm³/mol. The molecule has 0 saturated carbocycles. The van der Waals surface area contributed by atoms with Gasteiger partial charge in [0.2, 0.25) is 0 Å². The van der Waals surface area contributed by atoms with E-state index in [2.05, 4.69) is 5.32 Å². The molecule has 1 aliphatic heterocycles. The van der Waals surface area contributed by atoms with Crippen LogP contribution in [-0.4, -0.2) is 36.7 Å². The van der Waals surface area contributed by atoms with E-state index < -0.39 is 0 Å². The van der Waals surface area contributed by atoms with E-state index in [1.54, 1.807) is 23.1 Å². The Morgan fingerprint density at radius 2 is 2.43 bits per heavy atom. The van der Waals surface area contributed by atoms with Gasteiger partial charge >= 0.3 is 6.03 Å². The molecule has 5 nitrogen and oxygen atoms in total. The maximum Gasteiger partial charge on any atom is 0.321 e. The molecular formula is C15H18ClN3O2. The molecule has 2 rings (SSSR count). The number of nitriles is 1. The van der Waals surface area contributed by atoms with Crippen LogP contribution in [-0.2, 0) is 4.74 Å². The summed E-state index contributed by atoms with van der Waals surface area (Å²) in [6.07, 6.45) is 2.17. The minimum absolute atomic E-state index is 0.125. The van der Waals surface area contributed by atoms with E-state index in [1.807, 2.05) is 13.0 Å². The molecule has 112 valence electrons. The van der Waals surface area contributed by atoms with Gasteiger partial charge in [-0.25, -0.2) is 4.79 Å². The number of hydrogen-bond donors (Lipinski definition) is 1. The summed E-state index contributed by atoms with van der Waals surface area (Å²) in [6, 6.07) is 6.64.